The molecule has 0 amide bonds. The number of hydrogen-bond donors (Lipinski definition) is 3. The third kappa shape index (κ3) is 6.83. The number of fused-ring (bicyclic) bond motifs is 1. The molecule has 0 aliphatic carbocycles. The number of benzene rings is 1. The average molecular weight is 526 g/mol. The molecule has 0 radical (unpaired) electrons. The zero-order valence-corrected chi connectivity index (χ0v) is 19.9. The first kappa shape index (κ1) is 23.4. The van der Waals surface area contributed by atoms with Gasteiger partial charge in [0.15, 0.2) is 5.96 Å². The van der Waals surface area contributed by atoms with Gasteiger partial charge in [0.2, 0.25) is 5.88 Å². The van der Waals surface area contributed by atoms with Crippen molar-refractivity contribution in [3.63, 3.8) is 0 Å². The van der Waals surface area contributed by atoms with Crippen molar-refractivity contribution >= 4 is 51.4 Å². The number of thiophene rings is 1. The Morgan fingerprint density at radius 2 is 2.00 bits per heavy atom. The Morgan fingerprint density at radius 3 is 2.66 bits per heavy atom. The van der Waals surface area contributed by atoms with Crippen molar-refractivity contribution in [1.82, 2.24) is 15.6 Å². The summed E-state index contributed by atoms with van der Waals surface area (Å²) in [7, 11) is 1.71. The molecule has 0 aliphatic heterocycles. The smallest absolute Gasteiger partial charge is 0.213 e. The minimum absolute atomic E-state index is 0. The molecule has 2 aromatic heterocycles. The van der Waals surface area contributed by atoms with Crippen molar-refractivity contribution in [3.05, 3.63) is 59.1 Å². The molecule has 1 aromatic carbocycles. The molecule has 8 heteroatoms. The van der Waals surface area contributed by atoms with E-state index < -0.39 is 6.10 Å². The Bertz CT molecular complexity index is 895. The number of halogens is 1. The molecule has 0 fully saturated rings. The van der Waals surface area contributed by atoms with Gasteiger partial charge in [-0.1, -0.05) is 24.3 Å². The number of aliphatic hydroxyl groups is 1. The largest absolute Gasteiger partial charge is 0.475 e. The molecule has 2 heterocycles. The maximum atomic E-state index is 10.5. The fourth-order valence-electron chi connectivity index (χ4n) is 2.69. The van der Waals surface area contributed by atoms with Crippen LogP contribution in [0.25, 0.3) is 10.1 Å². The van der Waals surface area contributed by atoms with Crippen LogP contribution in [0.4, 0.5) is 0 Å². The molecule has 3 rings (SSSR count). The maximum absolute atomic E-state index is 10.5. The Balaban J connectivity index is 0.00000300. The molecule has 0 spiro atoms. The lowest BCUT2D eigenvalue weighted by molar-refractivity contribution is 0.184. The van der Waals surface area contributed by atoms with E-state index >= 15 is 0 Å². The van der Waals surface area contributed by atoms with E-state index in [0.29, 0.717) is 24.9 Å². The molecule has 0 saturated heterocycles. The SMILES string of the molecule is CN=C(NCc1ccc(OC(C)C)nc1)NCC(O)c1cc2ccccc2s1.I. The topological polar surface area (TPSA) is 78.8 Å². The molecule has 156 valence electrons. The Morgan fingerprint density at radius 1 is 1.21 bits per heavy atom. The van der Waals surface area contributed by atoms with Crippen LogP contribution in [0, 0.1) is 0 Å². The highest BCUT2D eigenvalue weighted by atomic mass is 127. The van der Waals surface area contributed by atoms with Crippen LogP contribution in [0.15, 0.2) is 53.7 Å². The Labute approximate surface area is 192 Å². The molecule has 1 unspecified atom stereocenters. The number of pyridine rings is 1. The summed E-state index contributed by atoms with van der Waals surface area (Å²) in [5, 5.41) is 18.0. The summed E-state index contributed by atoms with van der Waals surface area (Å²) < 4.78 is 6.73. The lowest BCUT2D eigenvalue weighted by atomic mass is 10.2. The van der Waals surface area contributed by atoms with Gasteiger partial charge in [0.25, 0.3) is 0 Å². The van der Waals surface area contributed by atoms with Crippen LogP contribution in [-0.2, 0) is 6.54 Å². The van der Waals surface area contributed by atoms with Crippen molar-refractivity contribution in [3.8, 4) is 5.88 Å². The normalized spacial score (nSPS) is 12.5. The maximum Gasteiger partial charge on any atom is 0.213 e. The first-order chi connectivity index (χ1) is 13.5. The number of ether oxygens (including phenoxy) is 1. The standard InChI is InChI=1S/C21H26N4O2S.HI/c1-14(2)27-20-9-8-15(11-23-20)12-24-21(22-3)25-13-17(26)19-10-16-6-4-5-7-18(16)28-19;/h4-11,14,17,26H,12-13H2,1-3H3,(H2,22,24,25);1H. The third-order valence-corrected chi connectivity index (χ3v) is 5.29. The summed E-state index contributed by atoms with van der Waals surface area (Å²) in [6.45, 7) is 4.90. The van der Waals surface area contributed by atoms with E-state index in [2.05, 4.69) is 32.7 Å². The summed E-state index contributed by atoms with van der Waals surface area (Å²) >= 11 is 1.61. The highest BCUT2D eigenvalue weighted by Gasteiger charge is 2.12. The fraction of sp³-hybridized carbons (Fsp3) is 0.333. The Kier molecular flexibility index (Phi) is 9.12. The number of aliphatic hydroxyl groups excluding tert-OH is 1. The fourth-order valence-corrected chi connectivity index (χ4v) is 3.74. The molecule has 6 nitrogen and oxygen atoms in total. The van der Waals surface area contributed by atoms with Gasteiger partial charge >= 0.3 is 0 Å². The van der Waals surface area contributed by atoms with E-state index in [9.17, 15) is 5.11 Å². The lowest BCUT2D eigenvalue weighted by Crippen LogP contribution is -2.38. The zero-order valence-electron chi connectivity index (χ0n) is 16.8. The van der Waals surface area contributed by atoms with Crippen molar-refractivity contribution in [2.24, 2.45) is 4.99 Å². The quantitative estimate of drug-likeness (QED) is 0.246. The first-order valence-electron chi connectivity index (χ1n) is 9.28. The molecular weight excluding hydrogens is 499 g/mol. The summed E-state index contributed by atoms with van der Waals surface area (Å²) in [4.78, 5) is 9.45. The van der Waals surface area contributed by atoms with Crippen LogP contribution in [0.3, 0.4) is 0 Å². The number of rotatable bonds is 7. The number of nitrogens with zero attached hydrogens (tertiary/aromatic N) is 2. The monoisotopic (exact) mass is 526 g/mol. The van der Waals surface area contributed by atoms with Gasteiger partial charge in [0.1, 0.15) is 6.10 Å². The number of guanidine groups is 1. The van der Waals surface area contributed by atoms with Crippen LogP contribution in [-0.4, -0.2) is 35.7 Å². The second kappa shape index (κ2) is 11.3. The van der Waals surface area contributed by atoms with Gasteiger partial charge in [-0.15, -0.1) is 35.3 Å². The predicted octanol–water partition coefficient (Wildman–Crippen LogP) is 4.10. The van der Waals surface area contributed by atoms with Gasteiger partial charge in [0, 0.05) is 42.0 Å². The third-order valence-electron chi connectivity index (χ3n) is 4.07. The van der Waals surface area contributed by atoms with Crippen LogP contribution in [0.5, 0.6) is 5.88 Å². The van der Waals surface area contributed by atoms with Crippen LogP contribution in [0.2, 0.25) is 0 Å². The molecule has 0 saturated carbocycles. The van der Waals surface area contributed by atoms with Gasteiger partial charge < -0.3 is 20.5 Å². The zero-order chi connectivity index (χ0) is 19.9. The summed E-state index contributed by atoms with van der Waals surface area (Å²) in [5.41, 5.74) is 1.02. The average Bonchev–Trinajstić information content (AvgIpc) is 3.13. The van der Waals surface area contributed by atoms with Crippen LogP contribution >= 0.6 is 35.3 Å². The minimum atomic E-state index is -0.593. The molecule has 29 heavy (non-hydrogen) atoms. The number of aliphatic imine (C=N–C) groups is 1. The van der Waals surface area contributed by atoms with Gasteiger partial charge in [-0.05, 0) is 36.9 Å². The molecule has 1 atom stereocenters. The first-order valence-corrected chi connectivity index (χ1v) is 10.1. The highest BCUT2D eigenvalue weighted by molar-refractivity contribution is 14.0. The second-order valence-corrected chi connectivity index (χ2v) is 7.80. The second-order valence-electron chi connectivity index (χ2n) is 6.68. The van der Waals surface area contributed by atoms with Gasteiger partial charge in [-0.25, -0.2) is 4.98 Å². The van der Waals surface area contributed by atoms with Crippen molar-refractivity contribution in [2.75, 3.05) is 13.6 Å². The van der Waals surface area contributed by atoms with Crippen molar-refractivity contribution in [2.45, 2.75) is 32.6 Å². The van der Waals surface area contributed by atoms with E-state index in [1.165, 1.54) is 4.70 Å². The molecular formula is C21H27IN4O2S. The van der Waals surface area contributed by atoms with E-state index in [-0.39, 0.29) is 30.1 Å². The number of hydrogen-bond acceptors (Lipinski definition) is 5. The summed E-state index contributed by atoms with van der Waals surface area (Å²) in [6.07, 6.45) is 1.29. The summed E-state index contributed by atoms with van der Waals surface area (Å²) in [6, 6.07) is 14.0. The number of aromatic nitrogens is 1. The lowest BCUT2D eigenvalue weighted by Gasteiger charge is -2.15. The van der Waals surface area contributed by atoms with E-state index in [0.717, 1.165) is 15.8 Å². The van der Waals surface area contributed by atoms with Crippen LogP contribution < -0.4 is 15.4 Å². The molecule has 3 N–H and O–H groups in total. The molecule has 0 aliphatic rings. The van der Waals surface area contributed by atoms with Gasteiger partial charge in [0.05, 0.1) is 6.10 Å². The van der Waals surface area contributed by atoms with Crippen molar-refractivity contribution in [1.29, 1.82) is 0 Å². The van der Waals surface area contributed by atoms with Crippen LogP contribution in [0.1, 0.15) is 30.4 Å². The van der Waals surface area contributed by atoms with E-state index in [4.69, 9.17) is 4.74 Å². The highest BCUT2D eigenvalue weighted by Crippen LogP contribution is 2.29. The molecule has 0 bridgehead atoms. The van der Waals surface area contributed by atoms with Gasteiger partial charge in [-0.2, -0.15) is 0 Å². The predicted molar refractivity (Wildman–Crippen MR) is 130 cm³/mol. The Hall–Kier alpha value is -1.91. The number of nitrogens with one attached hydrogen (secondary N) is 2. The summed E-state index contributed by atoms with van der Waals surface area (Å²) in [5.74, 6) is 1.25. The molecule has 3 aromatic rings. The van der Waals surface area contributed by atoms with E-state index in [1.54, 1.807) is 24.6 Å². The van der Waals surface area contributed by atoms with Crippen molar-refractivity contribution < 1.29 is 9.84 Å². The van der Waals surface area contributed by atoms with Gasteiger partial charge in [-0.3, -0.25) is 4.99 Å². The minimum Gasteiger partial charge on any atom is -0.475 e. The van der Waals surface area contributed by atoms with E-state index in [1.807, 2.05) is 44.2 Å².